The molecule has 0 aliphatic carbocycles. The molecule has 18 heavy (non-hydrogen) atoms. The van der Waals surface area contributed by atoms with Gasteiger partial charge in [0.15, 0.2) is 0 Å². The number of benzene rings is 1. The van der Waals surface area contributed by atoms with Gasteiger partial charge in [-0.25, -0.2) is 4.79 Å². The molecule has 0 bridgehead atoms. The number of carbonyl (C=O) groups excluding carboxylic acids is 1. The van der Waals surface area contributed by atoms with E-state index < -0.39 is 0 Å². The van der Waals surface area contributed by atoms with Crippen LogP contribution >= 0.6 is 11.6 Å². The van der Waals surface area contributed by atoms with E-state index in [0.717, 1.165) is 25.9 Å². The standard InChI is InChI=1S/C13H17ClN2O2/c1-16-6-4-10(5-7-16)18-13(17)11-8-9(15)2-3-12(11)14/h2-3,8,10H,4-7,15H2,1H3. The Hall–Kier alpha value is -1.26. The number of nitrogens with zero attached hydrogens (tertiary/aromatic N) is 1. The maximum atomic E-state index is 12.0. The second-order valence-electron chi connectivity index (χ2n) is 4.65. The van der Waals surface area contributed by atoms with Gasteiger partial charge in [-0.15, -0.1) is 0 Å². The minimum Gasteiger partial charge on any atom is -0.459 e. The third-order valence-electron chi connectivity index (χ3n) is 3.15. The fourth-order valence-electron chi connectivity index (χ4n) is 2.02. The Kier molecular flexibility index (Phi) is 4.09. The van der Waals surface area contributed by atoms with Crippen molar-refractivity contribution in [1.82, 2.24) is 4.90 Å². The number of nitrogen functional groups attached to an aromatic ring is 1. The van der Waals surface area contributed by atoms with Crippen molar-refractivity contribution in [2.75, 3.05) is 25.9 Å². The van der Waals surface area contributed by atoms with Crippen LogP contribution in [0.15, 0.2) is 18.2 Å². The van der Waals surface area contributed by atoms with E-state index in [1.54, 1.807) is 18.2 Å². The summed E-state index contributed by atoms with van der Waals surface area (Å²) >= 11 is 5.97. The zero-order valence-corrected chi connectivity index (χ0v) is 11.1. The molecular weight excluding hydrogens is 252 g/mol. The predicted molar refractivity (Wildman–Crippen MR) is 71.8 cm³/mol. The van der Waals surface area contributed by atoms with Crippen molar-refractivity contribution in [3.8, 4) is 0 Å². The van der Waals surface area contributed by atoms with Crippen LogP contribution in [0.3, 0.4) is 0 Å². The third-order valence-corrected chi connectivity index (χ3v) is 3.48. The van der Waals surface area contributed by atoms with Crippen LogP contribution in [-0.4, -0.2) is 37.1 Å². The van der Waals surface area contributed by atoms with E-state index in [9.17, 15) is 4.79 Å². The highest BCUT2D eigenvalue weighted by atomic mass is 35.5. The lowest BCUT2D eigenvalue weighted by Crippen LogP contribution is -2.35. The minimum atomic E-state index is -0.387. The van der Waals surface area contributed by atoms with Gasteiger partial charge in [0.1, 0.15) is 6.10 Å². The van der Waals surface area contributed by atoms with E-state index in [1.807, 2.05) is 0 Å². The molecule has 1 heterocycles. The molecule has 1 aliphatic heterocycles. The highest BCUT2D eigenvalue weighted by Crippen LogP contribution is 2.22. The van der Waals surface area contributed by atoms with Gasteiger partial charge in [0.05, 0.1) is 10.6 Å². The van der Waals surface area contributed by atoms with Crippen LogP contribution in [0, 0.1) is 0 Å². The Morgan fingerprint density at radius 1 is 1.44 bits per heavy atom. The Bertz CT molecular complexity index is 443. The van der Waals surface area contributed by atoms with Gasteiger partial charge in [-0.2, -0.15) is 0 Å². The number of hydrogen-bond donors (Lipinski definition) is 1. The molecular formula is C13H17ClN2O2. The predicted octanol–water partition coefficient (Wildman–Crippen LogP) is 2.17. The summed E-state index contributed by atoms with van der Waals surface area (Å²) < 4.78 is 5.46. The van der Waals surface area contributed by atoms with Crippen LogP contribution in [0.1, 0.15) is 23.2 Å². The molecule has 98 valence electrons. The quantitative estimate of drug-likeness (QED) is 0.660. The molecule has 0 saturated carbocycles. The molecule has 1 aromatic rings. The van der Waals surface area contributed by atoms with E-state index in [0.29, 0.717) is 16.3 Å². The Morgan fingerprint density at radius 2 is 2.11 bits per heavy atom. The number of piperidine rings is 1. The third kappa shape index (κ3) is 3.15. The van der Waals surface area contributed by atoms with Gasteiger partial charge in [-0.1, -0.05) is 11.6 Å². The lowest BCUT2D eigenvalue weighted by atomic mass is 10.1. The van der Waals surface area contributed by atoms with Crippen molar-refractivity contribution < 1.29 is 9.53 Å². The van der Waals surface area contributed by atoms with E-state index in [2.05, 4.69) is 11.9 Å². The Labute approximate surface area is 112 Å². The van der Waals surface area contributed by atoms with Crippen LogP contribution in [-0.2, 0) is 4.74 Å². The molecule has 0 atom stereocenters. The second-order valence-corrected chi connectivity index (χ2v) is 5.05. The van der Waals surface area contributed by atoms with E-state index in [-0.39, 0.29) is 12.1 Å². The van der Waals surface area contributed by atoms with Gasteiger partial charge < -0.3 is 15.4 Å². The number of esters is 1. The molecule has 1 fully saturated rings. The first-order valence-corrected chi connectivity index (χ1v) is 6.38. The SMILES string of the molecule is CN1CCC(OC(=O)c2cc(N)ccc2Cl)CC1. The van der Waals surface area contributed by atoms with Gasteiger partial charge >= 0.3 is 5.97 Å². The highest BCUT2D eigenvalue weighted by Gasteiger charge is 2.22. The number of rotatable bonds is 2. The van der Waals surface area contributed by atoms with Crippen molar-refractivity contribution in [3.63, 3.8) is 0 Å². The first-order valence-electron chi connectivity index (χ1n) is 6.01. The summed E-state index contributed by atoms with van der Waals surface area (Å²) in [6, 6.07) is 4.83. The molecule has 0 amide bonds. The van der Waals surface area contributed by atoms with Crippen molar-refractivity contribution in [1.29, 1.82) is 0 Å². The number of hydrogen-bond acceptors (Lipinski definition) is 4. The molecule has 1 saturated heterocycles. The van der Waals surface area contributed by atoms with Gasteiger partial charge in [0, 0.05) is 18.8 Å². The summed E-state index contributed by atoms with van der Waals surface area (Å²) in [5.41, 5.74) is 6.50. The number of anilines is 1. The van der Waals surface area contributed by atoms with Crippen LogP contribution in [0.25, 0.3) is 0 Å². The average Bonchev–Trinajstić information content (AvgIpc) is 2.35. The zero-order valence-electron chi connectivity index (χ0n) is 10.4. The first-order chi connectivity index (χ1) is 8.56. The van der Waals surface area contributed by atoms with Crippen molar-refractivity contribution >= 4 is 23.3 Å². The van der Waals surface area contributed by atoms with Crippen LogP contribution in [0.4, 0.5) is 5.69 Å². The summed E-state index contributed by atoms with van der Waals surface area (Å²) in [4.78, 5) is 14.2. The largest absolute Gasteiger partial charge is 0.459 e. The van der Waals surface area contributed by atoms with Crippen LogP contribution in [0.5, 0.6) is 0 Å². The second kappa shape index (κ2) is 5.59. The molecule has 0 spiro atoms. The molecule has 0 radical (unpaired) electrons. The fourth-order valence-corrected chi connectivity index (χ4v) is 2.21. The summed E-state index contributed by atoms with van der Waals surface area (Å²) in [5, 5.41) is 0.377. The number of nitrogens with two attached hydrogens (primary N) is 1. The minimum absolute atomic E-state index is 0.0220. The summed E-state index contributed by atoms with van der Waals surface area (Å²) in [7, 11) is 2.06. The maximum Gasteiger partial charge on any atom is 0.340 e. The molecule has 1 aromatic carbocycles. The smallest absolute Gasteiger partial charge is 0.340 e. The monoisotopic (exact) mass is 268 g/mol. The summed E-state index contributed by atoms with van der Waals surface area (Å²) in [6.45, 7) is 1.89. The van der Waals surface area contributed by atoms with E-state index in [4.69, 9.17) is 22.1 Å². The molecule has 2 N–H and O–H groups in total. The first kappa shape index (κ1) is 13.2. The molecule has 4 nitrogen and oxygen atoms in total. The van der Waals surface area contributed by atoms with Gasteiger partial charge in [0.2, 0.25) is 0 Å². The lowest BCUT2D eigenvalue weighted by Gasteiger charge is -2.28. The summed E-state index contributed by atoms with van der Waals surface area (Å²) in [6.07, 6.45) is 1.70. The number of halogens is 1. The van der Waals surface area contributed by atoms with E-state index >= 15 is 0 Å². The van der Waals surface area contributed by atoms with E-state index in [1.165, 1.54) is 0 Å². The van der Waals surface area contributed by atoms with Crippen molar-refractivity contribution in [2.24, 2.45) is 0 Å². The Balaban J connectivity index is 2.01. The van der Waals surface area contributed by atoms with Gasteiger partial charge in [-0.3, -0.25) is 0 Å². The number of ether oxygens (including phenoxy) is 1. The molecule has 0 unspecified atom stereocenters. The van der Waals surface area contributed by atoms with Crippen LogP contribution < -0.4 is 5.73 Å². The van der Waals surface area contributed by atoms with Crippen molar-refractivity contribution in [3.05, 3.63) is 28.8 Å². The fraction of sp³-hybridized carbons (Fsp3) is 0.462. The summed E-state index contributed by atoms with van der Waals surface area (Å²) in [5.74, 6) is -0.387. The molecule has 1 aliphatic rings. The van der Waals surface area contributed by atoms with Gasteiger partial charge in [-0.05, 0) is 38.1 Å². The average molecular weight is 269 g/mol. The van der Waals surface area contributed by atoms with Gasteiger partial charge in [0.25, 0.3) is 0 Å². The normalized spacial score (nSPS) is 17.7. The highest BCUT2D eigenvalue weighted by molar-refractivity contribution is 6.33. The number of likely N-dealkylation sites (tertiary alicyclic amines) is 1. The Morgan fingerprint density at radius 3 is 2.78 bits per heavy atom. The number of carbonyl (C=O) groups is 1. The van der Waals surface area contributed by atoms with Crippen LogP contribution in [0.2, 0.25) is 5.02 Å². The maximum absolute atomic E-state index is 12.0. The zero-order chi connectivity index (χ0) is 13.1. The topological polar surface area (TPSA) is 55.6 Å². The molecule has 0 aromatic heterocycles. The molecule has 5 heteroatoms. The molecule has 2 rings (SSSR count). The van der Waals surface area contributed by atoms with Crippen molar-refractivity contribution in [2.45, 2.75) is 18.9 Å². The lowest BCUT2D eigenvalue weighted by molar-refractivity contribution is 0.0139.